The Hall–Kier alpha value is 1.23. The summed E-state index contributed by atoms with van der Waals surface area (Å²) in [5.74, 6) is -6.84. The van der Waals surface area contributed by atoms with Crippen LogP contribution < -0.4 is 66.7 Å². The Kier molecular flexibility index (Phi) is 12.9. The van der Waals surface area contributed by atoms with E-state index >= 15 is 0 Å². The molecule has 2 N–H and O–H groups in total. The zero-order valence-electron chi connectivity index (χ0n) is 8.34. The summed E-state index contributed by atoms with van der Waals surface area (Å²) in [6, 6.07) is 0. The maximum absolute atomic E-state index is 10.2. The van der Waals surface area contributed by atoms with Gasteiger partial charge in [-0.15, -0.1) is 0 Å². The summed E-state index contributed by atoms with van der Waals surface area (Å²) in [5, 5.41) is 47.8. The smallest absolute Gasteiger partial charge is 0.550 e. The maximum atomic E-state index is 10.2. The second-order valence-electron chi connectivity index (χ2n) is 2.48. The van der Waals surface area contributed by atoms with Crippen molar-refractivity contribution in [2.75, 3.05) is 0 Å². The molecular formula is C6H5CaKO8. The second kappa shape index (κ2) is 9.20. The van der Waals surface area contributed by atoms with Crippen LogP contribution in [0.3, 0.4) is 0 Å². The molecule has 0 amide bonds. The first-order valence-corrected chi connectivity index (χ1v) is 3.24. The minimum atomic E-state index is -3.46. The molecule has 0 aliphatic heterocycles. The molecule has 0 aromatic rings. The van der Waals surface area contributed by atoms with Crippen molar-refractivity contribution >= 4 is 55.6 Å². The fourth-order valence-corrected chi connectivity index (χ4v) is 0.695. The summed E-state index contributed by atoms with van der Waals surface area (Å²) in [5.41, 5.74) is -3.46. The monoisotopic (exact) mass is 284 g/mol. The van der Waals surface area contributed by atoms with Crippen molar-refractivity contribution < 1.29 is 91.3 Å². The van der Waals surface area contributed by atoms with E-state index in [4.69, 9.17) is 10.2 Å². The SMILES string of the molecule is O=C([O-])C[C@](O)(C(=O)[O-])[C@H](O)C(=O)[O-].[Ca+2].[K+]. The Labute approximate surface area is 162 Å². The largest absolute Gasteiger partial charge is 2.00 e. The molecule has 0 aliphatic carbocycles. The van der Waals surface area contributed by atoms with Crippen molar-refractivity contribution in [1.29, 1.82) is 0 Å². The molecule has 0 saturated heterocycles. The van der Waals surface area contributed by atoms with Crippen LogP contribution in [-0.2, 0) is 14.4 Å². The molecule has 2 atom stereocenters. The molecule has 0 rings (SSSR count). The number of aliphatic carboxylic acids is 3. The van der Waals surface area contributed by atoms with Gasteiger partial charge in [0.1, 0.15) is 11.7 Å². The van der Waals surface area contributed by atoms with E-state index in [0.29, 0.717) is 0 Å². The van der Waals surface area contributed by atoms with Crippen LogP contribution in [0.4, 0.5) is 0 Å². The van der Waals surface area contributed by atoms with E-state index < -0.39 is 36.0 Å². The molecule has 0 aromatic heterocycles. The fourth-order valence-electron chi connectivity index (χ4n) is 0.695. The van der Waals surface area contributed by atoms with Crippen LogP contribution in [0.25, 0.3) is 0 Å². The first-order chi connectivity index (χ1) is 6.21. The van der Waals surface area contributed by atoms with Crippen molar-refractivity contribution in [2.45, 2.75) is 18.1 Å². The van der Waals surface area contributed by atoms with Crippen molar-refractivity contribution in [3.05, 3.63) is 0 Å². The minimum absolute atomic E-state index is 0. The quantitative estimate of drug-likeness (QED) is 0.470. The Morgan fingerprint density at radius 2 is 1.56 bits per heavy atom. The van der Waals surface area contributed by atoms with Gasteiger partial charge in [-0.05, 0) is 0 Å². The van der Waals surface area contributed by atoms with Gasteiger partial charge in [0.2, 0.25) is 0 Å². The predicted octanol–water partition coefficient (Wildman–Crippen LogP) is -9.66. The number of aliphatic hydroxyl groups excluding tert-OH is 1. The van der Waals surface area contributed by atoms with Gasteiger partial charge in [-0.1, -0.05) is 0 Å². The molecule has 16 heavy (non-hydrogen) atoms. The molecule has 0 spiro atoms. The zero-order valence-corrected chi connectivity index (χ0v) is 13.7. The van der Waals surface area contributed by atoms with E-state index in [-0.39, 0.29) is 89.1 Å². The van der Waals surface area contributed by atoms with Gasteiger partial charge in [-0.3, -0.25) is 0 Å². The third kappa shape index (κ3) is 6.24. The average molecular weight is 284 g/mol. The third-order valence-corrected chi connectivity index (χ3v) is 1.44. The van der Waals surface area contributed by atoms with Crippen LogP contribution in [0, 0.1) is 0 Å². The Morgan fingerprint density at radius 1 is 1.19 bits per heavy atom. The van der Waals surface area contributed by atoms with E-state index in [9.17, 15) is 29.7 Å². The molecule has 0 fully saturated rings. The van der Waals surface area contributed by atoms with Crippen LogP contribution in [-0.4, -0.2) is 77.6 Å². The van der Waals surface area contributed by atoms with E-state index in [0.717, 1.165) is 0 Å². The second-order valence-corrected chi connectivity index (χ2v) is 2.48. The number of rotatable bonds is 5. The average Bonchev–Trinajstić information content (AvgIpc) is 2.00. The van der Waals surface area contributed by atoms with Gasteiger partial charge in [0.05, 0.1) is 11.9 Å². The zero-order chi connectivity index (χ0) is 11.5. The number of carboxylic acid groups (broad SMARTS) is 3. The molecule has 0 bridgehead atoms. The molecule has 0 aliphatic rings. The van der Waals surface area contributed by atoms with Crippen LogP contribution in [0.1, 0.15) is 6.42 Å². The topological polar surface area (TPSA) is 161 Å². The fraction of sp³-hybridized carbons (Fsp3) is 0.500. The molecule has 8 nitrogen and oxygen atoms in total. The van der Waals surface area contributed by atoms with Crippen LogP contribution in [0.2, 0.25) is 0 Å². The van der Waals surface area contributed by atoms with Gasteiger partial charge in [0.15, 0.2) is 0 Å². The molecule has 10 heteroatoms. The number of aliphatic hydroxyl groups is 2. The van der Waals surface area contributed by atoms with Crippen LogP contribution in [0.5, 0.6) is 0 Å². The van der Waals surface area contributed by atoms with Gasteiger partial charge >= 0.3 is 89.1 Å². The molecule has 0 saturated carbocycles. The molecule has 0 unspecified atom stereocenters. The molecule has 0 heterocycles. The number of hydrogen-bond donors (Lipinski definition) is 2. The molecule has 0 aromatic carbocycles. The Balaban J connectivity index is -0.000000845. The van der Waals surface area contributed by atoms with Gasteiger partial charge < -0.3 is 39.9 Å². The maximum Gasteiger partial charge on any atom is 2.00 e. The van der Waals surface area contributed by atoms with E-state index in [2.05, 4.69) is 0 Å². The van der Waals surface area contributed by atoms with Gasteiger partial charge in [0.25, 0.3) is 0 Å². The van der Waals surface area contributed by atoms with Gasteiger partial charge in [-0.2, -0.15) is 0 Å². The van der Waals surface area contributed by atoms with E-state index in [1.54, 1.807) is 0 Å². The summed E-state index contributed by atoms with van der Waals surface area (Å²) in [6.45, 7) is 0. The van der Waals surface area contributed by atoms with Gasteiger partial charge in [0, 0.05) is 12.4 Å². The van der Waals surface area contributed by atoms with Crippen molar-refractivity contribution in [1.82, 2.24) is 0 Å². The predicted molar refractivity (Wildman–Crippen MR) is 36.3 cm³/mol. The first-order valence-electron chi connectivity index (χ1n) is 3.24. The number of hydrogen-bond acceptors (Lipinski definition) is 8. The summed E-state index contributed by atoms with van der Waals surface area (Å²) in [6.07, 6.45) is -4.53. The number of carbonyl (C=O) groups is 3. The number of carbonyl (C=O) groups excluding carboxylic acids is 3. The van der Waals surface area contributed by atoms with Gasteiger partial charge in [-0.25, -0.2) is 0 Å². The Bertz CT molecular complexity index is 282. The summed E-state index contributed by atoms with van der Waals surface area (Å²) in [4.78, 5) is 30.2. The first kappa shape index (κ1) is 22.4. The van der Waals surface area contributed by atoms with E-state index in [1.807, 2.05) is 0 Å². The molecular weight excluding hydrogens is 279 g/mol. The molecule has 0 radical (unpaired) electrons. The molecule has 80 valence electrons. The van der Waals surface area contributed by atoms with Crippen molar-refractivity contribution in [2.24, 2.45) is 0 Å². The third-order valence-electron chi connectivity index (χ3n) is 1.44. The summed E-state index contributed by atoms with van der Waals surface area (Å²) in [7, 11) is 0. The van der Waals surface area contributed by atoms with Crippen LogP contribution >= 0.6 is 0 Å². The van der Waals surface area contributed by atoms with Crippen LogP contribution in [0.15, 0.2) is 0 Å². The standard InChI is InChI=1S/C6H8O8.Ca.K/c7-2(8)1-6(14,5(12)13)3(9)4(10)11;;/h3,9,14H,1H2,(H,7,8)(H,10,11)(H,12,13);;/q;+2;+1/p-3/t3-,6-;;/m1../s1. The summed E-state index contributed by atoms with van der Waals surface area (Å²) < 4.78 is 0. The normalized spacial score (nSPS) is 14.6. The minimum Gasteiger partial charge on any atom is -0.550 e. The Morgan fingerprint density at radius 3 is 1.75 bits per heavy atom. The summed E-state index contributed by atoms with van der Waals surface area (Å²) >= 11 is 0. The number of carboxylic acids is 3. The van der Waals surface area contributed by atoms with Crippen molar-refractivity contribution in [3.8, 4) is 0 Å². The van der Waals surface area contributed by atoms with Crippen molar-refractivity contribution in [3.63, 3.8) is 0 Å². The van der Waals surface area contributed by atoms with E-state index in [1.165, 1.54) is 0 Å².